The van der Waals surface area contributed by atoms with E-state index >= 15 is 0 Å². The highest BCUT2D eigenvalue weighted by Gasteiger charge is 2.60. The highest BCUT2D eigenvalue weighted by atomic mass is 16.4. The second kappa shape index (κ2) is 11.4. The van der Waals surface area contributed by atoms with Gasteiger partial charge in [0.05, 0.1) is 18.0 Å². The summed E-state index contributed by atoms with van der Waals surface area (Å²) < 4.78 is 6.25. The lowest BCUT2D eigenvalue weighted by Crippen LogP contribution is -2.44. The molecule has 9 heteroatoms. The van der Waals surface area contributed by atoms with Gasteiger partial charge in [0.1, 0.15) is 12.3 Å². The number of amides is 1. The molecule has 0 spiro atoms. The molecule has 0 bridgehead atoms. The van der Waals surface area contributed by atoms with Gasteiger partial charge in [-0.25, -0.2) is 0 Å². The monoisotopic (exact) mass is 578 g/mol. The number of fused-ring (bicyclic) bond motifs is 2. The minimum absolute atomic E-state index is 0.0309. The summed E-state index contributed by atoms with van der Waals surface area (Å²) in [7, 11) is 1.87. The fourth-order valence-electron chi connectivity index (χ4n) is 7.50. The van der Waals surface area contributed by atoms with E-state index in [-0.39, 0.29) is 24.5 Å². The first-order chi connectivity index (χ1) is 20.8. The van der Waals surface area contributed by atoms with Gasteiger partial charge in [-0.2, -0.15) is 5.26 Å². The van der Waals surface area contributed by atoms with Crippen LogP contribution >= 0.6 is 0 Å². The van der Waals surface area contributed by atoms with Gasteiger partial charge in [-0.15, -0.1) is 10.2 Å². The number of likely N-dealkylation sites (tertiary alicyclic amines) is 1. The van der Waals surface area contributed by atoms with Crippen molar-refractivity contribution in [2.75, 3.05) is 20.1 Å². The zero-order valence-corrected chi connectivity index (χ0v) is 25.0. The third-order valence-electron chi connectivity index (χ3n) is 9.86. The van der Waals surface area contributed by atoms with Crippen molar-refractivity contribution in [3.8, 4) is 6.07 Å². The minimum Gasteiger partial charge on any atom is -0.424 e. The van der Waals surface area contributed by atoms with Crippen LogP contribution in [0.4, 0.5) is 0 Å². The van der Waals surface area contributed by atoms with Crippen LogP contribution in [0.15, 0.2) is 69.8 Å². The average Bonchev–Trinajstić information content (AvgIpc) is 3.30. The molecule has 1 aromatic carbocycles. The highest BCUT2D eigenvalue weighted by Crippen LogP contribution is 2.53. The Morgan fingerprint density at radius 3 is 2.86 bits per heavy atom. The van der Waals surface area contributed by atoms with Crippen molar-refractivity contribution in [2.45, 2.75) is 63.5 Å². The molecule has 1 saturated carbocycles. The number of likely N-dealkylation sites (N-methyl/N-ethyl adjacent to an activating group) is 1. The molecule has 2 N–H and O–H groups in total. The Morgan fingerprint density at radius 2 is 2.14 bits per heavy atom. The van der Waals surface area contributed by atoms with Crippen molar-refractivity contribution in [2.24, 2.45) is 11.8 Å². The lowest BCUT2D eigenvalue weighted by Gasteiger charge is -2.34. The van der Waals surface area contributed by atoms with Crippen molar-refractivity contribution < 1.29 is 14.0 Å². The largest absolute Gasteiger partial charge is 0.424 e. The van der Waals surface area contributed by atoms with Crippen molar-refractivity contribution in [3.63, 3.8) is 0 Å². The fourth-order valence-corrected chi connectivity index (χ4v) is 7.50. The van der Waals surface area contributed by atoms with E-state index in [1.165, 1.54) is 5.57 Å². The lowest BCUT2D eigenvalue weighted by atomic mass is 9.69. The molecule has 1 amide bonds. The van der Waals surface area contributed by atoms with E-state index in [2.05, 4.69) is 58.6 Å². The molecule has 9 nitrogen and oxygen atoms in total. The summed E-state index contributed by atoms with van der Waals surface area (Å²) in [5, 5.41) is 25.0. The van der Waals surface area contributed by atoms with Gasteiger partial charge in [0.25, 0.3) is 0 Å². The Bertz CT molecular complexity index is 1610. The van der Waals surface area contributed by atoms with E-state index in [9.17, 15) is 14.9 Å². The average molecular weight is 579 g/mol. The molecule has 5 unspecified atom stereocenters. The van der Waals surface area contributed by atoms with Crippen LogP contribution in [0.1, 0.15) is 65.9 Å². The number of hydrogen-bond acceptors (Lipinski definition) is 8. The van der Waals surface area contributed by atoms with E-state index < -0.39 is 5.41 Å². The number of carbonyl (C=O) groups excluding carboxylic acids is 2. The molecule has 4 aliphatic rings. The molecule has 2 fully saturated rings. The van der Waals surface area contributed by atoms with E-state index in [4.69, 9.17) is 4.42 Å². The van der Waals surface area contributed by atoms with Gasteiger partial charge >= 0.3 is 0 Å². The van der Waals surface area contributed by atoms with Crippen LogP contribution in [-0.2, 0) is 16.6 Å². The number of hydrogen-bond donors (Lipinski definition) is 2. The second-order valence-electron chi connectivity index (χ2n) is 12.1. The Kier molecular flexibility index (Phi) is 7.65. The normalized spacial score (nSPS) is 27.2. The third kappa shape index (κ3) is 4.94. The molecule has 1 aliphatic heterocycles. The van der Waals surface area contributed by atoms with Gasteiger partial charge < -0.3 is 20.0 Å². The van der Waals surface area contributed by atoms with Crippen molar-refractivity contribution in [3.05, 3.63) is 93.9 Å². The van der Waals surface area contributed by atoms with Gasteiger partial charge in [-0.1, -0.05) is 49.4 Å². The summed E-state index contributed by atoms with van der Waals surface area (Å²) in [6, 6.07) is 8.01. The number of piperidine rings is 1. The standard InChI is InChI=1S/C34H38N6O3/c1-20-28-16-27(17-35)40(32(20)28)31(42)18-37-14-13-34(33-39-38-22(3)43-33)29-12-10-24(21(2)36-4)6-7-25(29)8-9-26-15-23(19-41)5-11-30(26)34/h5-6,10-12,15,19-20,27-28,32,36-37H,2,7-9,13-14,16,18H2,1,3-4H3. The number of aldehydes is 1. The molecular formula is C34H38N6O3. The number of aryl methyl sites for hydroxylation is 2. The second-order valence-corrected chi connectivity index (χ2v) is 12.1. The maximum absolute atomic E-state index is 13.3. The summed E-state index contributed by atoms with van der Waals surface area (Å²) in [4.78, 5) is 26.9. The van der Waals surface area contributed by atoms with Gasteiger partial charge in [-0.3, -0.25) is 9.59 Å². The van der Waals surface area contributed by atoms with Crippen LogP contribution in [0.2, 0.25) is 0 Å². The Labute approximate surface area is 252 Å². The Hall–Kier alpha value is -4.29. The molecule has 1 saturated heterocycles. The summed E-state index contributed by atoms with van der Waals surface area (Å²) in [5.41, 5.74) is 6.14. The number of benzene rings is 1. The van der Waals surface area contributed by atoms with Gasteiger partial charge in [-0.05, 0) is 78.8 Å². The molecule has 43 heavy (non-hydrogen) atoms. The molecule has 6 rings (SSSR count). The van der Waals surface area contributed by atoms with Crippen molar-refractivity contribution in [1.82, 2.24) is 25.7 Å². The topological polar surface area (TPSA) is 124 Å². The zero-order valence-electron chi connectivity index (χ0n) is 25.0. The van der Waals surface area contributed by atoms with E-state index in [1.807, 2.05) is 25.2 Å². The van der Waals surface area contributed by atoms with Crippen molar-refractivity contribution in [1.29, 1.82) is 5.26 Å². The fraction of sp³-hybridized carbons (Fsp3) is 0.441. The summed E-state index contributed by atoms with van der Waals surface area (Å²) in [5.74, 6) is 1.84. The quantitative estimate of drug-likeness (QED) is 0.337. The predicted octanol–water partition coefficient (Wildman–Crippen LogP) is 4.08. The maximum Gasteiger partial charge on any atom is 0.237 e. The smallest absolute Gasteiger partial charge is 0.237 e. The first-order valence-electron chi connectivity index (χ1n) is 15.1. The summed E-state index contributed by atoms with van der Waals surface area (Å²) >= 11 is 0. The Morgan fingerprint density at radius 1 is 1.30 bits per heavy atom. The van der Waals surface area contributed by atoms with Crippen LogP contribution in [0, 0.1) is 30.1 Å². The van der Waals surface area contributed by atoms with Crippen molar-refractivity contribution >= 4 is 12.2 Å². The van der Waals surface area contributed by atoms with Crippen LogP contribution < -0.4 is 10.6 Å². The molecule has 5 atom stereocenters. The first-order valence-corrected chi connectivity index (χ1v) is 15.1. The lowest BCUT2D eigenvalue weighted by molar-refractivity contribution is -0.131. The molecular weight excluding hydrogens is 540 g/mol. The molecule has 1 aromatic heterocycles. The van der Waals surface area contributed by atoms with Gasteiger partial charge in [0.2, 0.25) is 17.7 Å². The first kappa shape index (κ1) is 28.8. The molecule has 2 heterocycles. The van der Waals surface area contributed by atoms with Crippen LogP contribution in [-0.4, -0.2) is 59.5 Å². The highest BCUT2D eigenvalue weighted by molar-refractivity contribution is 5.80. The summed E-state index contributed by atoms with van der Waals surface area (Å²) in [6.45, 7) is 8.76. The molecule has 2 aromatic rings. The van der Waals surface area contributed by atoms with Crippen LogP contribution in [0.25, 0.3) is 0 Å². The number of allylic oxidation sites excluding steroid dienone is 5. The van der Waals surface area contributed by atoms with Gasteiger partial charge in [0.15, 0.2) is 0 Å². The number of aromatic nitrogens is 2. The van der Waals surface area contributed by atoms with E-state index in [0.29, 0.717) is 42.1 Å². The zero-order chi connectivity index (χ0) is 30.3. The van der Waals surface area contributed by atoms with Crippen LogP contribution in [0.5, 0.6) is 0 Å². The molecule has 3 aliphatic carbocycles. The molecule has 0 radical (unpaired) electrons. The number of nitrogens with one attached hydrogen (secondary N) is 2. The van der Waals surface area contributed by atoms with Crippen LogP contribution in [0.3, 0.4) is 0 Å². The number of carbonyl (C=O) groups is 2. The number of nitriles is 1. The Balaban J connectivity index is 1.37. The number of nitrogens with zero attached hydrogens (tertiary/aromatic N) is 4. The van der Waals surface area contributed by atoms with E-state index in [1.54, 1.807) is 11.8 Å². The predicted molar refractivity (Wildman–Crippen MR) is 162 cm³/mol. The molecule has 222 valence electrons. The van der Waals surface area contributed by atoms with E-state index in [0.717, 1.165) is 59.9 Å². The number of rotatable bonds is 9. The summed E-state index contributed by atoms with van der Waals surface area (Å²) in [6.07, 6.45) is 11.0. The SMILES string of the molecule is C=C(NC)C1=CCC2=C(C=C1)C(CCNCC(=O)N1C(C#N)CC3C(C)C31)(c1nnc(C)o1)c1ccc(C=O)cc1CC2. The minimum atomic E-state index is -0.806. The maximum atomic E-state index is 13.3. The third-order valence-corrected chi connectivity index (χ3v) is 9.86. The van der Waals surface area contributed by atoms with Gasteiger partial charge in [0, 0.05) is 31.3 Å².